The standard InChI is InChI=1S/C30H38N6O4.C29H36N6O6.C8H18N2O3/c1-21-20-35(28(38)22-11-6-5-7-12-22)17-18-36(21)29(39)27(37)24-19-33-26-23(24)13-10-14-25(26)34-30(40)32-16-9-4-3-8-15-31-2;1-20-19-34(27(37)21-6-3-2-4-7-21)12-13-35(20)28(38)26(36)23-18-32-25-22(23)8-5-9-24(25)33-29(39)31-11-15-41-17-16-40-14-10-30;1-8(11)10-3-5-13-7-6-12-4-2-9/h5-7,10-14,19,21,31,33H,3-4,8-9,15-18,20H2,1-2H3,(H2,32,34,40);2-9,18,20,32H,10-17,19,30H2,1H3,(H2,31,33,39);2-7,9H2,1H3,(H,10,11)/t21-;20-;/m11./s1. The molecule has 6 aromatic rings. The number of urea groups is 2. The number of benzene rings is 4. The number of aromatic amines is 2. The van der Waals surface area contributed by atoms with Crippen LogP contribution < -0.4 is 43.4 Å². The molecule has 4 heterocycles. The maximum absolute atomic E-state index is 13.3. The number of fused-ring (bicyclic) bond motifs is 2. The molecule has 4 aromatic carbocycles. The molecule has 27 heteroatoms. The van der Waals surface area contributed by atoms with Crippen LogP contribution >= 0.6 is 0 Å². The number of aromatic nitrogens is 2. The number of piperazine rings is 2. The molecule has 508 valence electrons. The Bertz CT molecular complexity index is 3400. The molecule has 0 unspecified atom stereocenters. The molecule has 2 saturated heterocycles. The van der Waals surface area contributed by atoms with E-state index in [9.17, 15) is 43.2 Å². The van der Waals surface area contributed by atoms with Crippen LogP contribution in [0.15, 0.2) is 109 Å². The van der Waals surface area contributed by atoms with E-state index in [1.807, 2.05) is 57.3 Å². The summed E-state index contributed by atoms with van der Waals surface area (Å²) in [7, 11) is 1.94. The van der Waals surface area contributed by atoms with Gasteiger partial charge in [-0.05, 0) is 76.7 Å². The molecule has 2 atom stereocenters. The van der Waals surface area contributed by atoms with Crippen molar-refractivity contribution in [1.29, 1.82) is 0 Å². The molecule has 0 saturated carbocycles. The van der Waals surface area contributed by atoms with E-state index >= 15 is 0 Å². The highest BCUT2D eigenvalue weighted by atomic mass is 16.5. The van der Waals surface area contributed by atoms with E-state index in [-0.39, 0.29) is 60.1 Å². The number of ether oxygens (including phenoxy) is 4. The van der Waals surface area contributed by atoms with Crippen molar-refractivity contribution in [3.63, 3.8) is 0 Å². The van der Waals surface area contributed by atoms with Gasteiger partial charge in [0.2, 0.25) is 5.91 Å². The van der Waals surface area contributed by atoms with Gasteiger partial charge in [-0.2, -0.15) is 0 Å². The zero-order valence-corrected chi connectivity index (χ0v) is 54.3. The molecule has 0 radical (unpaired) electrons. The number of rotatable bonds is 31. The summed E-state index contributed by atoms with van der Waals surface area (Å²) in [4.78, 5) is 127. The lowest BCUT2D eigenvalue weighted by Gasteiger charge is -2.39. The highest BCUT2D eigenvalue weighted by molar-refractivity contribution is 6.45. The minimum Gasteiger partial charge on any atom is -0.378 e. The minimum absolute atomic E-state index is 0.0389. The van der Waals surface area contributed by atoms with Crippen LogP contribution in [0, 0.1) is 0 Å². The molecule has 12 N–H and O–H groups in total. The number of nitrogens with zero attached hydrogens (tertiary/aromatic N) is 4. The first-order valence-electron chi connectivity index (χ1n) is 31.9. The average Bonchev–Trinajstić information content (AvgIpc) is 1.62. The van der Waals surface area contributed by atoms with E-state index in [0.29, 0.717) is 156 Å². The second kappa shape index (κ2) is 40.1. The monoisotopic (exact) mass is 1300 g/mol. The lowest BCUT2D eigenvalue weighted by Crippen LogP contribution is -2.56. The molecular weight excluding hydrogens is 1210 g/mol. The molecule has 9 amide bonds. The number of hydrogen-bond acceptors (Lipinski definition) is 16. The highest BCUT2D eigenvalue weighted by Gasteiger charge is 2.36. The molecule has 2 aliphatic rings. The van der Waals surface area contributed by atoms with Gasteiger partial charge in [-0.1, -0.05) is 73.5 Å². The molecule has 94 heavy (non-hydrogen) atoms. The molecule has 2 aromatic heterocycles. The highest BCUT2D eigenvalue weighted by Crippen LogP contribution is 2.29. The summed E-state index contributed by atoms with van der Waals surface area (Å²) in [5.74, 6) is -2.74. The number of H-pyrrole nitrogens is 2. The number of ketones is 2. The van der Waals surface area contributed by atoms with E-state index in [1.54, 1.807) is 70.5 Å². The molecular formula is C67H92N14O13. The second-order valence-electron chi connectivity index (χ2n) is 22.2. The fourth-order valence-corrected chi connectivity index (χ4v) is 10.5. The Balaban J connectivity index is 0.000000251. The zero-order chi connectivity index (χ0) is 67.6. The van der Waals surface area contributed by atoms with Gasteiger partial charge < -0.3 is 91.9 Å². The number of para-hydroxylation sites is 2. The summed E-state index contributed by atoms with van der Waals surface area (Å²) >= 11 is 0. The van der Waals surface area contributed by atoms with Crippen LogP contribution in [0.4, 0.5) is 21.0 Å². The van der Waals surface area contributed by atoms with Crippen LogP contribution in [0.1, 0.15) is 87.9 Å². The lowest BCUT2D eigenvalue weighted by atomic mass is 10.1. The van der Waals surface area contributed by atoms with Crippen LogP contribution in [0.3, 0.4) is 0 Å². The number of hydrogen-bond donors (Lipinski definition) is 10. The van der Waals surface area contributed by atoms with Gasteiger partial charge in [-0.15, -0.1) is 0 Å². The van der Waals surface area contributed by atoms with Gasteiger partial charge in [0, 0.05) is 125 Å². The summed E-state index contributed by atoms with van der Waals surface area (Å²) in [6, 6.07) is 27.0. The Morgan fingerprint density at radius 3 is 1.29 bits per heavy atom. The van der Waals surface area contributed by atoms with Crippen molar-refractivity contribution in [2.24, 2.45) is 11.5 Å². The maximum atomic E-state index is 13.3. The summed E-state index contributed by atoms with van der Waals surface area (Å²) in [6.45, 7) is 14.2. The Morgan fingerprint density at radius 1 is 0.479 bits per heavy atom. The molecule has 2 fully saturated rings. The number of carbonyl (C=O) groups excluding carboxylic acids is 9. The van der Waals surface area contributed by atoms with Crippen LogP contribution in [0.5, 0.6) is 0 Å². The molecule has 2 aliphatic heterocycles. The average molecular weight is 1300 g/mol. The minimum atomic E-state index is -0.653. The maximum Gasteiger partial charge on any atom is 0.319 e. The quantitative estimate of drug-likeness (QED) is 0.0162. The van der Waals surface area contributed by atoms with Gasteiger partial charge >= 0.3 is 12.1 Å². The van der Waals surface area contributed by atoms with Crippen molar-refractivity contribution in [1.82, 2.24) is 50.8 Å². The fraction of sp³-hybridized carbons (Fsp3) is 0.448. The van der Waals surface area contributed by atoms with Crippen molar-refractivity contribution in [2.75, 3.05) is 149 Å². The number of amides is 9. The Kier molecular flexibility index (Phi) is 31.6. The summed E-state index contributed by atoms with van der Waals surface area (Å²) < 4.78 is 20.8. The van der Waals surface area contributed by atoms with Gasteiger partial charge in [-0.3, -0.25) is 33.6 Å². The van der Waals surface area contributed by atoms with E-state index < -0.39 is 29.4 Å². The topological polar surface area (TPSA) is 359 Å². The summed E-state index contributed by atoms with van der Waals surface area (Å²) in [5.41, 5.74) is 14.3. The zero-order valence-electron chi connectivity index (χ0n) is 54.3. The van der Waals surface area contributed by atoms with E-state index in [4.69, 9.17) is 30.4 Å². The SMILES string of the molecule is CC(=O)NCCOCCOCCN.CNCCCCCCNC(=O)Nc1cccc2c(C(=O)C(=O)N3CCN(C(=O)c4ccccc4)C[C@H]3C)c[nH]c12.C[C@@H]1CN(C(=O)c2ccccc2)CCN1C(=O)C(=O)c1c[nH]c2c(NC(=O)NCCOCCOCCN)cccc12. The summed E-state index contributed by atoms with van der Waals surface area (Å²) in [6.07, 6.45) is 7.17. The number of Topliss-reactive ketones (excluding diaryl/α,β-unsaturated/α-hetero) is 2. The summed E-state index contributed by atoms with van der Waals surface area (Å²) in [5, 5.41) is 18.0. The van der Waals surface area contributed by atoms with Crippen LogP contribution in [-0.4, -0.2) is 233 Å². The third-order valence-electron chi connectivity index (χ3n) is 15.3. The first-order valence-corrected chi connectivity index (χ1v) is 31.9. The van der Waals surface area contributed by atoms with E-state index in [0.717, 1.165) is 32.2 Å². The van der Waals surface area contributed by atoms with Gasteiger partial charge in [0.25, 0.3) is 35.2 Å². The van der Waals surface area contributed by atoms with Gasteiger partial charge in [0.05, 0.1) is 86.4 Å². The van der Waals surface area contributed by atoms with Crippen molar-refractivity contribution < 1.29 is 62.1 Å². The van der Waals surface area contributed by atoms with Gasteiger partial charge in [-0.25, -0.2) is 9.59 Å². The predicted molar refractivity (Wildman–Crippen MR) is 359 cm³/mol. The fourth-order valence-electron chi connectivity index (χ4n) is 10.5. The number of unbranched alkanes of at least 4 members (excludes halogenated alkanes) is 3. The number of carbonyl (C=O) groups is 9. The number of nitrogens with one attached hydrogen (secondary N) is 8. The number of nitrogens with two attached hydrogens (primary N) is 2. The van der Waals surface area contributed by atoms with Crippen molar-refractivity contribution >= 4 is 86.3 Å². The third kappa shape index (κ3) is 22.9. The van der Waals surface area contributed by atoms with Crippen LogP contribution in [-0.2, 0) is 33.3 Å². The first-order chi connectivity index (χ1) is 45.6. The van der Waals surface area contributed by atoms with Crippen molar-refractivity contribution in [3.05, 3.63) is 132 Å². The first kappa shape index (κ1) is 74.0. The molecule has 27 nitrogen and oxygen atoms in total. The Labute approximate surface area is 548 Å². The van der Waals surface area contributed by atoms with E-state index in [1.165, 1.54) is 29.1 Å². The molecule has 8 rings (SSSR count). The second-order valence-corrected chi connectivity index (χ2v) is 22.2. The van der Waals surface area contributed by atoms with Crippen LogP contribution in [0.2, 0.25) is 0 Å². The van der Waals surface area contributed by atoms with E-state index in [2.05, 4.69) is 41.9 Å². The number of anilines is 2. The molecule has 0 aliphatic carbocycles. The third-order valence-corrected chi connectivity index (χ3v) is 15.3. The van der Waals surface area contributed by atoms with Crippen molar-refractivity contribution in [2.45, 2.75) is 58.5 Å². The van der Waals surface area contributed by atoms with Crippen LogP contribution in [0.25, 0.3) is 21.8 Å². The van der Waals surface area contributed by atoms with Gasteiger partial charge in [0.15, 0.2) is 0 Å². The largest absolute Gasteiger partial charge is 0.378 e. The normalized spacial score (nSPS) is 14.4. The Hall–Kier alpha value is -9.09. The Morgan fingerprint density at radius 2 is 0.883 bits per heavy atom. The molecule has 0 spiro atoms. The van der Waals surface area contributed by atoms with Gasteiger partial charge in [0.1, 0.15) is 0 Å². The van der Waals surface area contributed by atoms with Crippen molar-refractivity contribution in [3.8, 4) is 0 Å². The predicted octanol–water partition coefficient (Wildman–Crippen LogP) is 4.58. The molecule has 0 bridgehead atoms. The lowest BCUT2D eigenvalue weighted by molar-refractivity contribution is -0.130. The smallest absolute Gasteiger partial charge is 0.319 e.